The molecule has 66 valence electrons. The van der Waals surface area contributed by atoms with Crippen molar-refractivity contribution in [2.45, 2.75) is 13.8 Å². The number of aryl methyl sites for hydroxylation is 2. The van der Waals surface area contributed by atoms with Crippen LogP contribution in [0.4, 0.5) is 0 Å². The van der Waals surface area contributed by atoms with E-state index in [0.29, 0.717) is 5.75 Å². The van der Waals surface area contributed by atoms with Crippen molar-refractivity contribution in [1.82, 2.24) is 0 Å². The van der Waals surface area contributed by atoms with E-state index in [1.54, 1.807) is 0 Å². The molecule has 0 aliphatic rings. The summed E-state index contributed by atoms with van der Waals surface area (Å²) in [5.41, 5.74) is 2.14. The van der Waals surface area contributed by atoms with Crippen molar-refractivity contribution in [3.63, 3.8) is 0 Å². The van der Waals surface area contributed by atoms with Gasteiger partial charge in [-0.2, -0.15) is 0 Å². The Morgan fingerprint density at radius 1 is 1.23 bits per heavy atom. The van der Waals surface area contributed by atoms with Crippen molar-refractivity contribution in [2.24, 2.45) is 0 Å². The van der Waals surface area contributed by atoms with Crippen LogP contribution in [0.1, 0.15) is 11.1 Å². The molecule has 0 aromatic heterocycles. The summed E-state index contributed by atoms with van der Waals surface area (Å²) in [4.78, 5) is 0. The third-order valence-corrected chi connectivity index (χ3v) is 2.51. The lowest BCUT2D eigenvalue weighted by atomic mass is 10.1. The lowest BCUT2D eigenvalue weighted by molar-refractivity contribution is 0.429. The number of hydrogen-bond donors (Lipinski definition) is 0. The molecule has 0 aliphatic carbocycles. The van der Waals surface area contributed by atoms with Crippen LogP contribution in [0.2, 0.25) is 0 Å². The maximum atomic E-state index is 10.9. The fourth-order valence-electron chi connectivity index (χ4n) is 1.09. The van der Waals surface area contributed by atoms with Gasteiger partial charge in [0.25, 0.3) is 0 Å². The lowest BCUT2D eigenvalue weighted by Crippen LogP contribution is -1.85. The van der Waals surface area contributed by atoms with Gasteiger partial charge in [0.05, 0.1) is 0 Å². The average Bonchev–Trinajstić information content (AvgIpc) is 2.02. The van der Waals surface area contributed by atoms with Crippen LogP contribution in [0.25, 0.3) is 0 Å². The highest BCUT2D eigenvalue weighted by atomic mass is 31.1. The summed E-state index contributed by atoms with van der Waals surface area (Å²) in [6.07, 6.45) is 0. The van der Waals surface area contributed by atoms with Gasteiger partial charge in [-0.25, -0.2) is 4.52 Å². The van der Waals surface area contributed by atoms with Crippen molar-refractivity contribution in [3.05, 3.63) is 29.3 Å². The van der Waals surface area contributed by atoms with Gasteiger partial charge < -0.3 is 0 Å². The predicted octanol–water partition coefficient (Wildman–Crippen LogP) is 2.44. The first-order valence-electron chi connectivity index (χ1n) is 3.72. The molecule has 0 amide bonds. The second kappa shape index (κ2) is 4.74. The van der Waals surface area contributed by atoms with Gasteiger partial charge in [0.2, 0.25) is 0 Å². The van der Waals surface area contributed by atoms with Gasteiger partial charge in [-0.3, -0.25) is 3.58 Å². The van der Waals surface area contributed by atoms with E-state index in [9.17, 15) is 4.57 Å². The molecule has 0 aliphatic heterocycles. The smallest absolute Gasteiger partial charge is 0.286 e. The molecule has 3 nitrogen and oxygen atoms in total. The Hall–Kier alpha value is -0.388. The normalized spacial score (nSPS) is 11.1. The minimum absolute atomic E-state index is 0.570. The zero-order chi connectivity index (χ0) is 9.84. The first-order chi connectivity index (χ1) is 6.11. The number of benzene rings is 1. The zero-order valence-electron chi connectivity index (χ0n) is 7.48. The highest BCUT2D eigenvalue weighted by Gasteiger charge is 2.16. The molecule has 0 N–H and O–H groups in total. The SMILES string of the molecule is Cc1cc(C)cc(O[P+](=O)[O][Al])c1. The third kappa shape index (κ3) is 3.46. The number of rotatable bonds is 3. The molecular weight excluding hydrogens is 202 g/mol. The fourth-order valence-corrected chi connectivity index (χ4v) is 1.54. The second-order valence-electron chi connectivity index (χ2n) is 2.74. The first-order valence-corrected chi connectivity index (χ1v) is 5.29. The molecule has 5 heteroatoms. The van der Waals surface area contributed by atoms with Gasteiger partial charge in [-0.1, -0.05) is 6.07 Å². The minimum atomic E-state index is -2.07. The molecule has 0 saturated heterocycles. The van der Waals surface area contributed by atoms with Crippen molar-refractivity contribution in [3.8, 4) is 5.75 Å². The van der Waals surface area contributed by atoms with Crippen LogP contribution < -0.4 is 4.52 Å². The molecule has 0 bridgehead atoms. The van der Waals surface area contributed by atoms with Crippen LogP contribution in [0.15, 0.2) is 18.2 Å². The molecule has 0 spiro atoms. The highest BCUT2D eigenvalue weighted by molar-refractivity contribution is 7.34. The van der Waals surface area contributed by atoms with Crippen molar-refractivity contribution < 1.29 is 12.7 Å². The predicted molar refractivity (Wildman–Crippen MR) is 51.0 cm³/mol. The molecule has 0 fully saturated rings. The molecule has 2 radical (unpaired) electrons. The van der Waals surface area contributed by atoms with Gasteiger partial charge in [-0.05, 0) is 37.1 Å². The standard InChI is InChI=1S/C8H9O3P.Al/c1-6-3-7(2)5-8(4-6)11-12(9)10;/h3-5H,1-2H3;/q;+1. The number of hydrogen-bond acceptors (Lipinski definition) is 3. The van der Waals surface area contributed by atoms with E-state index in [4.69, 9.17) is 4.52 Å². The molecule has 0 saturated carbocycles. The van der Waals surface area contributed by atoms with E-state index >= 15 is 0 Å². The van der Waals surface area contributed by atoms with Crippen LogP contribution in [0.5, 0.6) is 5.75 Å². The Kier molecular flexibility index (Phi) is 3.90. The summed E-state index contributed by atoms with van der Waals surface area (Å²) in [5, 5.41) is 0. The van der Waals surface area contributed by atoms with Crippen LogP contribution in [-0.2, 0) is 8.14 Å². The van der Waals surface area contributed by atoms with Crippen LogP contribution >= 0.6 is 8.25 Å². The van der Waals surface area contributed by atoms with E-state index in [1.165, 1.54) is 0 Å². The van der Waals surface area contributed by atoms with E-state index in [2.05, 4.69) is 3.58 Å². The maximum absolute atomic E-state index is 10.9. The third-order valence-electron chi connectivity index (χ3n) is 1.46. The maximum Gasteiger partial charge on any atom is 0.715 e. The first kappa shape index (κ1) is 10.7. The Labute approximate surface area is 86.8 Å². The van der Waals surface area contributed by atoms with Gasteiger partial charge in [0.15, 0.2) is 5.75 Å². The monoisotopic (exact) mass is 211 g/mol. The van der Waals surface area contributed by atoms with Gasteiger partial charge in [-0.15, -0.1) is 0 Å². The van der Waals surface area contributed by atoms with Crippen LogP contribution in [-0.4, -0.2) is 16.6 Å². The Morgan fingerprint density at radius 3 is 2.23 bits per heavy atom. The fraction of sp³-hybridized carbons (Fsp3) is 0.250. The summed E-state index contributed by atoms with van der Waals surface area (Å²) in [6.45, 7) is 3.91. The zero-order valence-corrected chi connectivity index (χ0v) is 9.53. The molecule has 1 aromatic carbocycles. The summed E-state index contributed by atoms with van der Waals surface area (Å²) in [5.74, 6) is 0.570. The Balaban J connectivity index is 2.83. The van der Waals surface area contributed by atoms with Gasteiger partial charge in [0.1, 0.15) is 0 Å². The quantitative estimate of drug-likeness (QED) is 0.569. The summed E-state index contributed by atoms with van der Waals surface area (Å²) < 4.78 is 20.3. The molecule has 0 heterocycles. The molecule has 1 unspecified atom stereocenters. The topological polar surface area (TPSA) is 35.5 Å². The summed E-state index contributed by atoms with van der Waals surface area (Å²) in [6, 6.07) is 5.63. The van der Waals surface area contributed by atoms with Crippen molar-refractivity contribution >= 4 is 24.9 Å². The van der Waals surface area contributed by atoms with E-state index < -0.39 is 8.25 Å². The largest absolute Gasteiger partial charge is 0.715 e. The van der Waals surface area contributed by atoms with E-state index in [-0.39, 0.29) is 0 Å². The summed E-state index contributed by atoms with van der Waals surface area (Å²) >= 11 is 1.91. The molecule has 13 heavy (non-hydrogen) atoms. The van der Waals surface area contributed by atoms with Crippen molar-refractivity contribution in [2.75, 3.05) is 0 Å². The summed E-state index contributed by atoms with van der Waals surface area (Å²) in [7, 11) is -2.07. The van der Waals surface area contributed by atoms with Crippen molar-refractivity contribution in [1.29, 1.82) is 0 Å². The molecule has 1 rings (SSSR count). The Bertz CT molecular complexity index is 307. The second-order valence-corrected chi connectivity index (χ2v) is 4.22. The van der Waals surface area contributed by atoms with E-state index in [0.717, 1.165) is 11.1 Å². The lowest BCUT2D eigenvalue weighted by Gasteiger charge is -1.97. The Morgan fingerprint density at radius 2 is 1.77 bits per heavy atom. The van der Waals surface area contributed by atoms with Crippen LogP contribution in [0.3, 0.4) is 0 Å². The van der Waals surface area contributed by atoms with Crippen LogP contribution in [0, 0.1) is 13.8 Å². The van der Waals surface area contributed by atoms with E-state index in [1.807, 2.05) is 48.7 Å². The molecule has 1 aromatic rings. The van der Waals surface area contributed by atoms with Gasteiger partial charge in [0, 0.05) is 4.57 Å². The average molecular weight is 211 g/mol. The molecule has 1 atom stereocenters. The highest BCUT2D eigenvalue weighted by Crippen LogP contribution is 2.27. The van der Waals surface area contributed by atoms with Gasteiger partial charge >= 0.3 is 24.9 Å². The minimum Gasteiger partial charge on any atom is -0.286 e. The molecular formula is C8H9AlO3P+.